The number of halogens is 2. The first-order valence-electron chi connectivity index (χ1n) is 3.13. The summed E-state index contributed by atoms with van der Waals surface area (Å²) in [6.45, 7) is 0. The lowest BCUT2D eigenvalue weighted by Crippen LogP contribution is -2.10. The highest BCUT2D eigenvalue weighted by molar-refractivity contribution is 6.44. The van der Waals surface area contributed by atoms with E-state index < -0.39 is 4.84 Å². The lowest BCUT2D eigenvalue weighted by molar-refractivity contribution is 0.565. The fourth-order valence-corrected chi connectivity index (χ4v) is 1.32. The second-order valence-electron chi connectivity index (χ2n) is 2.16. The molecule has 0 aromatic rings. The molecule has 0 heterocycles. The molecule has 0 N–H and O–H groups in total. The number of alkyl halides is 2. The molecular formula is C8H6Cl2O. The van der Waals surface area contributed by atoms with Gasteiger partial charge in [0.1, 0.15) is 10.8 Å². The van der Waals surface area contributed by atoms with E-state index in [0.717, 1.165) is 0 Å². The van der Waals surface area contributed by atoms with Crippen molar-refractivity contribution >= 4 is 29.1 Å². The van der Waals surface area contributed by atoms with Crippen molar-refractivity contribution in [1.29, 1.82) is 0 Å². The Kier molecular flexibility index (Phi) is 2.95. The molecule has 3 heteroatoms. The molecule has 1 aliphatic rings. The van der Waals surface area contributed by atoms with E-state index in [1.54, 1.807) is 24.2 Å². The minimum atomic E-state index is -0.576. The maximum absolute atomic E-state index is 10.3. The highest BCUT2D eigenvalue weighted by Gasteiger charge is 2.19. The summed E-state index contributed by atoms with van der Waals surface area (Å²) in [6, 6.07) is 0. The van der Waals surface area contributed by atoms with Crippen LogP contribution in [0, 0.1) is 5.92 Å². The van der Waals surface area contributed by atoms with Crippen LogP contribution < -0.4 is 0 Å². The van der Waals surface area contributed by atoms with Crippen LogP contribution in [0.5, 0.6) is 0 Å². The van der Waals surface area contributed by atoms with Crippen molar-refractivity contribution in [2.75, 3.05) is 0 Å². The highest BCUT2D eigenvalue weighted by atomic mass is 35.5. The van der Waals surface area contributed by atoms with E-state index in [2.05, 4.69) is 0 Å². The zero-order valence-corrected chi connectivity index (χ0v) is 7.14. The SMILES string of the molecule is O=C=C1C=CC=CC1C(Cl)Cl. The molecular weight excluding hydrogens is 183 g/mol. The molecule has 0 aliphatic heterocycles. The Morgan fingerprint density at radius 2 is 2.18 bits per heavy atom. The topological polar surface area (TPSA) is 17.1 Å². The molecule has 0 bridgehead atoms. The summed E-state index contributed by atoms with van der Waals surface area (Å²) in [5.74, 6) is 1.59. The fraction of sp³-hybridized carbons (Fsp3) is 0.250. The summed E-state index contributed by atoms with van der Waals surface area (Å²) in [7, 11) is 0. The Morgan fingerprint density at radius 1 is 1.45 bits per heavy atom. The van der Waals surface area contributed by atoms with Crippen molar-refractivity contribution in [3.8, 4) is 0 Å². The Labute approximate surface area is 75.0 Å². The van der Waals surface area contributed by atoms with E-state index in [4.69, 9.17) is 23.2 Å². The molecule has 0 saturated heterocycles. The smallest absolute Gasteiger partial charge is 0.128 e. The summed E-state index contributed by atoms with van der Waals surface area (Å²) < 4.78 is 0. The third kappa shape index (κ3) is 1.97. The summed E-state index contributed by atoms with van der Waals surface area (Å²) in [4.78, 5) is 9.73. The first-order valence-corrected chi connectivity index (χ1v) is 4.01. The molecule has 0 radical (unpaired) electrons. The Balaban J connectivity index is 2.88. The van der Waals surface area contributed by atoms with Gasteiger partial charge in [-0.3, -0.25) is 0 Å². The van der Waals surface area contributed by atoms with Gasteiger partial charge in [-0.2, -0.15) is 0 Å². The molecule has 1 aliphatic carbocycles. The van der Waals surface area contributed by atoms with Crippen molar-refractivity contribution in [3.63, 3.8) is 0 Å². The van der Waals surface area contributed by atoms with E-state index in [-0.39, 0.29) is 5.92 Å². The van der Waals surface area contributed by atoms with Crippen LogP contribution in [0.25, 0.3) is 0 Å². The molecule has 0 fully saturated rings. The molecule has 0 saturated carbocycles. The molecule has 0 aromatic heterocycles. The van der Waals surface area contributed by atoms with Crippen molar-refractivity contribution in [2.24, 2.45) is 5.92 Å². The van der Waals surface area contributed by atoms with Gasteiger partial charge in [-0.25, -0.2) is 4.79 Å². The summed E-state index contributed by atoms with van der Waals surface area (Å²) in [5.41, 5.74) is 0.502. The first-order chi connectivity index (χ1) is 5.25. The number of hydrogen-bond acceptors (Lipinski definition) is 1. The second-order valence-corrected chi connectivity index (χ2v) is 3.33. The third-order valence-corrected chi connectivity index (χ3v) is 2.00. The molecule has 0 aromatic carbocycles. The van der Waals surface area contributed by atoms with Gasteiger partial charge in [0.2, 0.25) is 0 Å². The first kappa shape index (κ1) is 8.61. The standard InChI is InChI=1S/C8H6Cl2O/c9-8(10)7-4-2-1-3-6(7)5-11/h1-4,7-8H. The predicted molar refractivity (Wildman–Crippen MR) is 46.5 cm³/mol. The zero-order valence-electron chi connectivity index (χ0n) is 5.63. The van der Waals surface area contributed by atoms with Gasteiger partial charge >= 0.3 is 0 Å². The molecule has 1 unspecified atom stereocenters. The molecule has 58 valence electrons. The van der Waals surface area contributed by atoms with E-state index in [1.807, 2.05) is 6.08 Å². The zero-order chi connectivity index (χ0) is 8.27. The maximum Gasteiger partial charge on any atom is 0.128 e. The van der Waals surface area contributed by atoms with Crippen molar-refractivity contribution in [2.45, 2.75) is 4.84 Å². The normalized spacial score (nSPS) is 22.5. The average molecular weight is 189 g/mol. The Morgan fingerprint density at radius 3 is 2.64 bits per heavy atom. The van der Waals surface area contributed by atoms with E-state index in [1.165, 1.54) is 0 Å². The monoisotopic (exact) mass is 188 g/mol. The lowest BCUT2D eigenvalue weighted by atomic mass is 9.98. The van der Waals surface area contributed by atoms with Crippen LogP contribution in [0.3, 0.4) is 0 Å². The van der Waals surface area contributed by atoms with Gasteiger partial charge < -0.3 is 0 Å². The summed E-state index contributed by atoms with van der Waals surface area (Å²) >= 11 is 11.2. The summed E-state index contributed by atoms with van der Waals surface area (Å²) in [5, 5.41) is 0. The van der Waals surface area contributed by atoms with Crippen LogP contribution in [-0.4, -0.2) is 10.8 Å². The minimum Gasteiger partial charge on any atom is -0.233 e. The number of hydrogen-bond donors (Lipinski definition) is 0. The maximum atomic E-state index is 10.3. The molecule has 1 nitrogen and oxygen atoms in total. The van der Waals surface area contributed by atoms with Crippen molar-refractivity contribution in [1.82, 2.24) is 0 Å². The van der Waals surface area contributed by atoms with Crippen LogP contribution in [0.1, 0.15) is 0 Å². The number of carbonyl (C=O) groups excluding carboxylic acids is 1. The van der Waals surface area contributed by atoms with Crippen LogP contribution in [0.4, 0.5) is 0 Å². The number of rotatable bonds is 1. The molecule has 11 heavy (non-hydrogen) atoms. The second kappa shape index (κ2) is 3.77. The molecule has 0 spiro atoms. The van der Waals surface area contributed by atoms with Gasteiger partial charge in [-0.15, -0.1) is 23.2 Å². The molecule has 1 atom stereocenters. The fourth-order valence-electron chi connectivity index (χ4n) is 0.880. The van der Waals surface area contributed by atoms with Crippen LogP contribution in [-0.2, 0) is 4.79 Å². The minimum absolute atomic E-state index is 0.208. The highest BCUT2D eigenvalue weighted by Crippen LogP contribution is 2.26. The van der Waals surface area contributed by atoms with Gasteiger partial charge in [0, 0.05) is 11.5 Å². The van der Waals surface area contributed by atoms with Crippen LogP contribution in [0.15, 0.2) is 29.9 Å². The third-order valence-electron chi connectivity index (χ3n) is 1.45. The lowest BCUT2D eigenvalue weighted by Gasteiger charge is -2.13. The predicted octanol–water partition coefficient (Wildman–Crippen LogP) is 2.29. The van der Waals surface area contributed by atoms with Crippen molar-refractivity contribution < 1.29 is 4.79 Å². The van der Waals surface area contributed by atoms with Gasteiger partial charge in [-0.1, -0.05) is 18.2 Å². The van der Waals surface area contributed by atoms with Crippen molar-refractivity contribution in [3.05, 3.63) is 29.9 Å². The summed E-state index contributed by atoms with van der Waals surface area (Å²) in [6.07, 6.45) is 7.01. The van der Waals surface area contributed by atoms with E-state index in [0.29, 0.717) is 5.57 Å². The van der Waals surface area contributed by atoms with E-state index >= 15 is 0 Å². The Hall–Kier alpha value is -0.490. The number of allylic oxidation sites excluding steroid dienone is 5. The van der Waals surface area contributed by atoms with E-state index in [9.17, 15) is 4.79 Å². The Bertz CT molecular complexity index is 247. The van der Waals surface area contributed by atoms with Gasteiger partial charge in [0.15, 0.2) is 0 Å². The largest absolute Gasteiger partial charge is 0.233 e. The quantitative estimate of drug-likeness (QED) is 0.456. The van der Waals surface area contributed by atoms with Crippen LogP contribution in [0.2, 0.25) is 0 Å². The van der Waals surface area contributed by atoms with Gasteiger partial charge in [0.05, 0.1) is 0 Å². The van der Waals surface area contributed by atoms with Crippen LogP contribution >= 0.6 is 23.2 Å². The van der Waals surface area contributed by atoms with Gasteiger partial charge in [-0.05, 0) is 6.08 Å². The molecule has 0 amide bonds. The van der Waals surface area contributed by atoms with Gasteiger partial charge in [0.25, 0.3) is 0 Å². The molecule has 1 rings (SSSR count). The average Bonchev–Trinajstić information content (AvgIpc) is 2.04.